The second-order valence-corrected chi connectivity index (χ2v) is 16.3. The predicted molar refractivity (Wildman–Crippen MR) is 267 cm³/mol. The minimum Gasteiger partial charge on any atom is -0.505 e. The zero-order chi connectivity index (χ0) is 45.5. The van der Waals surface area contributed by atoms with E-state index in [1.165, 1.54) is 0 Å². The highest BCUT2D eigenvalue weighted by atomic mass is 16.3. The van der Waals surface area contributed by atoms with Crippen LogP contribution in [-0.4, -0.2) is 25.2 Å². The van der Waals surface area contributed by atoms with E-state index in [1.807, 2.05) is 161 Å². The molecule has 0 aliphatic rings. The summed E-state index contributed by atoms with van der Waals surface area (Å²) in [6, 6.07) is 46.7. The molecule has 1 aromatic heterocycles. The van der Waals surface area contributed by atoms with Gasteiger partial charge in [-0.1, -0.05) is 91.0 Å². The van der Waals surface area contributed by atoms with Gasteiger partial charge in [0.05, 0.1) is 22.7 Å². The minimum absolute atomic E-state index is 0.0487. The minimum atomic E-state index is -0.0487. The van der Waals surface area contributed by atoms with Crippen LogP contribution < -0.4 is 21.7 Å². The van der Waals surface area contributed by atoms with Crippen molar-refractivity contribution in [3.63, 3.8) is 0 Å². The summed E-state index contributed by atoms with van der Waals surface area (Å²) in [6.45, 7) is 7.75. The number of phenols is 2. The van der Waals surface area contributed by atoms with Crippen molar-refractivity contribution in [2.75, 3.05) is 21.7 Å². The molecule has 0 amide bonds. The lowest BCUT2D eigenvalue weighted by Crippen LogP contribution is -2.08. The van der Waals surface area contributed by atoms with Gasteiger partial charge in [0.15, 0.2) is 11.5 Å². The second-order valence-electron chi connectivity index (χ2n) is 16.3. The number of aryl methyl sites for hydroxylation is 4. The van der Waals surface area contributed by atoms with Crippen LogP contribution in [0.2, 0.25) is 0 Å². The van der Waals surface area contributed by atoms with Crippen molar-refractivity contribution in [1.29, 1.82) is 0 Å². The summed E-state index contributed by atoms with van der Waals surface area (Å²) < 4.78 is 0. The van der Waals surface area contributed by atoms with Crippen molar-refractivity contribution >= 4 is 106 Å². The highest BCUT2D eigenvalue weighted by Crippen LogP contribution is 2.46. The molecule has 10 rings (SSSR count). The molecule has 322 valence electrons. The van der Waals surface area contributed by atoms with Crippen LogP contribution in [0.4, 0.5) is 63.3 Å². The number of aromatic nitrogens is 3. The molecule has 0 bridgehead atoms. The number of aromatic hydroxyl groups is 2. The predicted octanol–water partition coefficient (Wildman–Crippen LogP) is 14.8. The number of hydrogen-bond acceptors (Lipinski definition) is 13. The molecule has 0 unspecified atom stereocenters. The molecule has 0 atom stereocenters. The number of azo groups is 2. The lowest BCUT2D eigenvalue weighted by atomic mass is 10.0. The SMILES string of the molecule is Cc1cc(Nc2nc(Nc3cccc(N)c3)nc(Nc3cc(C)cc4cc(C)c(N=Nc5cccc6ccccc56)c(O)c34)n2)c2c(O)c(N=Nc3cccc4ccccc34)c(C)cc2c1. The Labute approximate surface area is 379 Å². The Kier molecular flexibility index (Phi) is 10.6. The average molecular weight is 866 g/mol. The van der Waals surface area contributed by atoms with Crippen LogP contribution in [0.25, 0.3) is 43.1 Å². The molecule has 10 aromatic rings. The number of hydrogen-bond donors (Lipinski definition) is 6. The van der Waals surface area contributed by atoms with Gasteiger partial charge in [-0.15, -0.1) is 20.5 Å². The molecule has 0 aliphatic heterocycles. The van der Waals surface area contributed by atoms with E-state index < -0.39 is 0 Å². The third-order valence-electron chi connectivity index (χ3n) is 11.4. The van der Waals surface area contributed by atoms with Crippen molar-refractivity contribution in [3.05, 3.63) is 168 Å². The van der Waals surface area contributed by atoms with Gasteiger partial charge in [0.2, 0.25) is 17.8 Å². The molecule has 0 saturated carbocycles. The zero-order valence-corrected chi connectivity index (χ0v) is 36.5. The maximum atomic E-state index is 12.0. The van der Waals surface area contributed by atoms with Gasteiger partial charge in [0.25, 0.3) is 0 Å². The number of nitrogens with two attached hydrogens (primary N) is 1. The van der Waals surface area contributed by atoms with Crippen LogP contribution in [0.5, 0.6) is 11.5 Å². The number of nitrogens with one attached hydrogen (secondary N) is 3. The first kappa shape index (κ1) is 41.1. The van der Waals surface area contributed by atoms with E-state index in [2.05, 4.69) is 36.4 Å². The molecule has 0 fully saturated rings. The maximum absolute atomic E-state index is 12.0. The first-order valence-corrected chi connectivity index (χ1v) is 21.3. The fourth-order valence-corrected chi connectivity index (χ4v) is 8.38. The quantitative estimate of drug-likeness (QED) is 0.0573. The van der Waals surface area contributed by atoms with Gasteiger partial charge in [0, 0.05) is 32.9 Å². The Hall–Kier alpha value is -8.97. The van der Waals surface area contributed by atoms with Crippen LogP contribution in [0, 0.1) is 27.7 Å². The van der Waals surface area contributed by atoms with Crippen LogP contribution in [0.3, 0.4) is 0 Å². The van der Waals surface area contributed by atoms with E-state index in [0.717, 1.165) is 54.6 Å². The van der Waals surface area contributed by atoms with Crippen molar-refractivity contribution < 1.29 is 10.2 Å². The van der Waals surface area contributed by atoms with Crippen molar-refractivity contribution in [3.8, 4) is 11.5 Å². The topological polar surface area (TPSA) is 191 Å². The molecule has 0 aliphatic carbocycles. The first-order chi connectivity index (χ1) is 32.0. The largest absolute Gasteiger partial charge is 0.505 e. The molecular weight excluding hydrogens is 823 g/mol. The summed E-state index contributed by atoms with van der Waals surface area (Å²) in [6.07, 6.45) is 0. The highest BCUT2D eigenvalue weighted by molar-refractivity contribution is 6.05. The normalized spacial score (nSPS) is 11.7. The molecule has 1 heterocycles. The van der Waals surface area contributed by atoms with E-state index in [1.54, 1.807) is 12.1 Å². The Morgan fingerprint density at radius 1 is 0.439 bits per heavy atom. The zero-order valence-electron chi connectivity index (χ0n) is 36.5. The molecule has 9 aromatic carbocycles. The molecule has 0 spiro atoms. The second kappa shape index (κ2) is 17.0. The van der Waals surface area contributed by atoms with Gasteiger partial charge >= 0.3 is 0 Å². The number of anilines is 7. The van der Waals surface area contributed by atoms with E-state index in [0.29, 0.717) is 56.3 Å². The smallest absolute Gasteiger partial charge is 0.233 e. The Morgan fingerprint density at radius 2 is 0.879 bits per heavy atom. The molecule has 0 saturated heterocycles. The lowest BCUT2D eigenvalue weighted by Gasteiger charge is -2.17. The number of phenolic OH excluding ortho intramolecular Hbond substituents is 2. The van der Waals surface area contributed by atoms with E-state index in [9.17, 15) is 10.2 Å². The molecular formula is C53H43N11O2. The summed E-state index contributed by atoms with van der Waals surface area (Å²) in [4.78, 5) is 14.4. The monoisotopic (exact) mass is 865 g/mol. The van der Waals surface area contributed by atoms with Gasteiger partial charge in [-0.3, -0.25) is 0 Å². The molecule has 7 N–H and O–H groups in total. The molecule has 13 nitrogen and oxygen atoms in total. The average Bonchev–Trinajstić information content (AvgIpc) is 3.28. The van der Waals surface area contributed by atoms with Crippen molar-refractivity contribution in [1.82, 2.24) is 15.0 Å². The Bertz CT molecular complexity index is 3400. The number of benzene rings is 9. The van der Waals surface area contributed by atoms with E-state index in [-0.39, 0.29) is 29.3 Å². The van der Waals surface area contributed by atoms with E-state index >= 15 is 0 Å². The third-order valence-corrected chi connectivity index (χ3v) is 11.4. The van der Waals surface area contributed by atoms with Crippen LogP contribution in [0.15, 0.2) is 166 Å². The molecule has 13 heteroatoms. The Morgan fingerprint density at radius 3 is 1.36 bits per heavy atom. The lowest BCUT2D eigenvalue weighted by molar-refractivity contribution is 0.482. The number of rotatable bonds is 10. The van der Waals surface area contributed by atoms with Crippen molar-refractivity contribution in [2.45, 2.75) is 27.7 Å². The maximum Gasteiger partial charge on any atom is 0.233 e. The molecule has 66 heavy (non-hydrogen) atoms. The first-order valence-electron chi connectivity index (χ1n) is 21.3. The fraction of sp³-hybridized carbons (Fsp3) is 0.0755. The summed E-state index contributed by atoms with van der Waals surface area (Å²) >= 11 is 0. The highest BCUT2D eigenvalue weighted by Gasteiger charge is 2.20. The van der Waals surface area contributed by atoms with E-state index in [4.69, 9.17) is 20.7 Å². The van der Waals surface area contributed by atoms with Gasteiger partial charge in [-0.05, 0) is 126 Å². The number of fused-ring (bicyclic) bond motifs is 4. The third kappa shape index (κ3) is 8.08. The summed E-state index contributed by atoms with van der Waals surface area (Å²) in [5.74, 6) is 0.418. The van der Waals surface area contributed by atoms with Gasteiger partial charge in [-0.25, -0.2) is 0 Å². The van der Waals surface area contributed by atoms with Gasteiger partial charge < -0.3 is 31.9 Å². The standard InChI is InChI=1S/C53H43N11O2/c1-29-22-35-26-31(3)47(63-61-41-20-9-14-33-12-5-7-18-39(33)41)49(65)45(35)43(24-29)56-52-58-51(55-38-17-11-16-37(54)28-38)59-53(60-52)57-44-25-30(2)23-36-27-32(4)48(50(66)46(36)44)64-62-42-21-10-15-34-13-6-8-19-40(34)42/h5-28,65-66H,54H2,1-4H3,(H3,55,56,57,58,59,60). The van der Waals surface area contributed by atoms with Crippen molar-refractivity contribution in [2.24, 2.45) is 20.5 Å². The Balaban J connectivity index is 1.06. The molecule has 0 radical (unpaired) electrons. The number of nitrogens with zero attached hydrogens (tertiary/aromatic N) is 7. The summed E-state index contributed by atoms with van der Waals surface area (Å²) in [5, 5.41) is 59.1. The van der Waals surface area contributed by atoms with Gasteiger partial charge in [-0.2, -0.15) is 15.0 Å². The van der Waals surface area contributed by atoms with Crippen LogP contribution in [0.1, 0.15) is 22.3 Å². The summed E-state index contributed by atoms with van der Waals surface area (Å²) in [7, 11) is 0. The van der Waals surface area contributed by atoms with Crippen LogP contribution >= 0.6 is 0 Å². The van der Waals surface area contributed by atoms with Gasteiger partial charge in [0.1, 0.15) is 11.4 Å². The van der Waals surface area contributed by atoms with Crippen LogP contribution in [-0.2, 0) is 0 Å². The fourth-order valence-electron chi connectivity index (χ4n) is 8.38. The number of nitrogen functional groups attached to an aromatic ring is 1. The summed E-state index contributed by atoms with van der Waals surface area (Å²) in [5.41, 5.74) is 13.8.